The summed E-state index contributed by atoms with van der Waals surface area (Å²) in [5.41, 5.74) is 1.52. The van der Waals surface area contributed by atoms with Gasteiger partial charge in [0.15, 0.2) is 0 Å². The van der Waals surface area contributed by atoms with Gasteiger partial charge in [-0.15, -0.1) is 0 Å². The molecule has 1 amide bonds. The third-order valence-electron chi connectivity index (χ3n) is 5.42. The number of anilines is 2. The molecule has 0 saturated carbocycles. The lowest BCUT2D eigenvalue weighted by Crippen LogP contribution is -2.55. The number of para-hydroxylation sites is 1. The van der Waals surface area contributed by atoms with Crippen LogP contribution in [0, 0.1) is 17.0 Å². The molecule has 0 radical (unpaired) electrons. The lowest BCUT2D eigenvalue weighted by atomic mass is 10.1. The number of aryl methyl sites for hydroxylation is 1. The highest BCUT2D eigenvalue weighted by atomic mass is 32.2. The van der Waals surface area contributed by atoms with Gasteiger partial charge in [-0.05, 0) is 31.5 Å². The van der Waals surface area contributed by atoms with Crippen LogP contribution in [0.4, 0.5) is 17.1 Å². The minimum Gasteiger partial charge on any atom is -0.368 e. The Morgan fingerprint density at radius 3 is 2.26 bits per heavy atom. The fourth-order valence-corrected chi connectivity index (χ4v) is 5.03. The smallest absolute Gasteiger partial charge is 0.271 e. The van der Waals surface area contributed by atoms with Gasteiger partial charge in [-0.3, -0.25) is 19.2 Å². The highest BCUT2D eigenvalue weighted by molar-refractivity contribution is 7.92. The maximum atomic E-state index is 13.2. The molecule has 166 valence electrons. The van der Waals surface area contributed by atoms with Gasteiger partial charge >= 0.3 is 0 Å². The number of hydrogen-bond acceptors (Lipinski definition) is 6. The molecule has 1 heterocycles. The average Bonchev–Trinajstić information content (AvgIpc) is 2.74. The van der Waals surface area contributed by atoms with Crippen molar-refractivity contribution in [2.24, 2.45) is 0 Å². The fraction of sp³-hybridized carbons (Fsp3) is 0.381. The van der Waals surface area contributed by atoms with Crippen molar-refractivity contribution in [3.63, 3.8) is 0 Å². The number of hydrogen-bond donors (Lipinski definition) is 0. The normalized spacial score (nSPS) is 15.5. The fourth-order valence-electron chi connectivity index (χ4n) is 3.81. The molecule has 9 nitrogen and oxygen atoms in total. The number of nitro groups is 1. The van der Waals surface area contributed by atoms with E-state index < -0.39 is 21.0 Å². The molecule has 0 bridgehead atoms. The molecule has 1 saturated heterocycles. The number of piperazine rings is 1. The van der Waals surface area contributed by atoms with Crippen LogP contribution in [-0.4, -0.2) is 62.6 Å². The van der Waals surface area contributed by atoms with Crippen molar-refractivity contribution >= 4 is 33.0 Å². The zero-order valence-corrected chi connectivity index (χ0v) is 18.6. The molecule has 10 heteroatoms. The number of benzene rings is 2. The maximum Gasteiger partial charge on any atom is 0.271 e. The highest BCUT2D eigenvalue weighted by Gasteiger charge is 2.34. The lowest BCUT2D eigenvalue weighted by Gasteiger charge is -2.39. The Bertz CT molecular complexity index is 1070. The Balaban J connectivity index is 1.82. The van der Waals surface area contributed by atoms with Gasteiger partial charge in [0, 0.05) is 44.0 Å². The zero-order valence-electron chi connectivity index (χ0n) is 17.8. The number of carbonyl (C=O) groups is 1. The van der Waals surface area contributed by atoms with Crippen molar-refractivity contribution in [1.29, 1.82) is 0 Å². The summed E-state index contributed by atoms with van der Waals surface area (Å²) in [6, 6.07) is 12.9. The summed E-state index contributed by atoms with van der Waals surface area (Å²) in [6.45, 7) is 5.37. The summed E-state index contributed by atoms with van der Waals surface area (Å²) in [5.74, 6) is -0.330. The summed E-state index contributed by atoms with van der Waals surface area (Å²) in [7, 11) is -3.87. The third-order valence-corrected chi connectivity index (χ3v) is 6.65. The second-order valence-electron chi connectivity index (χ2n) is 7.61. The van der Waals surface area contributed by atoms with Crippen LogP contribution in [0.5, 0.6) is 0 Å². The number of nitro benzene ring substituents is 1. The highest BCUT2D eigenvalue weighted by Crippen LogP contribution is 2.30. The van der Waals surface area contributed by atoms with Gasteiger partial charge < -0.3 is 9.80 Å². The van der Waals surface area contributed by atoms with Crippen molar-refractivity contribution in [2.45, 2.75) is 19.9 Å². The minimum atomic E-state index is -3.87. The van der Waals surface area contributed by atoms with E-state index in [2.05, 4.69) is 4.90 Å². The van der Waals surface area contributed by atoms with E-state index in [-0.39, 0.29) is 17.3 Å². The molecule has 0 aromatic heterocycles. The molecule has 1 fully saturated rings. The summed E-state index contributed by atoms with van der Waals surface area (Å²) >= 11 is 0. The monoisotopic (exact) mass is 446 g/mol. The summed E-state index contributed by atoms with van der Waals surface area (Å²) in [5, 5.41) is 11.2. The van der Waals surface area contributed by atoms with Crippen molar-refractivity contribution in [3.8, 4) is 0 Å². The van der Waals surface area contributed by atoms with Crippen LogP contribution in [-0.2, 0) is 14.8 Å². The summed E-state index contributed by atoms with van der Waals surface area (Å²) in [6.07, 6.45) is 1.00. The van der Waals surface area contributed by atoms with Crippen molar-refractivity contribution < 1.29 is 18.1 Å². The first-order chi connectivity index (χ1) is 14.6. The first-order valence-corrected chi connectivity index (χ1v) is 11.8. The first kappa shape index (κ1) is 22.5. The Labute approximate surface area is 182 Å². The number of nitrogens with zero attached hydrogens (tertiary/aromatic N) is 4. The SMILES string of the molecule is Cc1ccc([N+](=O)[O-])cc1N([C@@H](C)C(=O)N1CCN(c2ccccc2)CC1)S(C)(=O)=O. The van der Waals surface area contributed by atoms with Gasteiger partial charge in [-0.1, -0.05) is 24.3 Å². The molecule has 1 atom stereocenters. The van der Waals surface area contributed by atoms with E-state index in [1.165, 1.54) is 25.1 Å². The van der Waals surface area contributed by atoms with E-state index in [4.69, 9.17) is 0 Å². The Hall–Kier alpha value is -3.14. The molecule has 2 aromatic rings. The van der Waals surface area contributed by atoms with Gasteiger partial charge in [-0.2, -0.15) is 0 Å². The van der Waals surface area contributed by atoms with Crippen LogP contribution < -0.4 is 9.21 Å². The number of rotatable bonds is 6. The van der Waals surface area contributed by atoms with E-state index in [0.717, 1.165) is 16.2 Å². The number of carbonyl (C=O) groups excluding carboxylic acids is 1. The van der Waals surface area contributed by atoms with Crippen molar-refractivity contribution in [2.75, 3.05) is 41.6 Å². The molecular formula is C21H26N4O5S. The van der Waals surface area contributed by atoms with Gasteiger partial charge in [0.2, 0.25) is 15.9 Å². The molecule has 0 spiro atoms. The second-order valence-corrected chi connectivity index (χ2v) is 9.47. The van der Waals surface area contributed by atoms with Crippen LogP contribution in [0.3, 0.4) is 0 Å². The summed E-state index contributed by atoms with van der Waals surface area (Å²) in [4.78, 5) is 27.6. The molecular weight excluding hydrogens is 420 g/mol. The van der Waals surface area contributed by atoms with E-state index in [1.807, 2.05) is 30.3 Å². The Kier molecular flexibility index (Phi) is 6.49. The van der Waals surface area contributed by atoms with Gasteiger partial charge in [0.05, 0.1) is 16.9 Å². The van der Waals surface area contributed by atoms with Gasteiger partial charge in [-0.25, -0.2) is 8.42 Å². The predicted octanol–water partition coefficient (Wildman–Crippen LogP) is 2.41. The van der Waals surface area contributed by atoms with E-state index in [1.54, 1.807) is 11.8 Å². The number of non-ortho nitro benzene ring substituents is 1. The van der Waals surface area contributed by atoms with E-state index >= 15 is 0 Å². The lowest BCUT2D eigenvalue weighted by molar-refractivity contribution is -0.384. The van der Waals surface area contributed by atoms with Crippen LogP contribution in [0.1, 0.15) is 12.5 Å². The standard InChI is InChI=1S/C21H26N4O5S/c1-16-9-10-19(25(27)28)15-20(16)24(31(3,29)30)17(2)21(26)23-13-11-22(12-14-23)18-7-5-4-6-8-18/h4-10,15,17H,11-14H2,1-3H3/t17-/m0/s1. The Morgan fingerprint density at radius 1 is 1.10 bits per heavy atom. The second kappa shape index (κ2) is 8.93. The van der Waals surface area contributed by atoms with Crippen molar-refractivity contribution in [3.05, 3.63) is 64.2 Å². The van der Waals surface area contributed by atoms with E-state index in [9.17, 15) is 23.3 Å². The average molecular weight is 447 g/mol. The van der Waals surface area contributed by atoms with Crippen LogP contribution in [0.25, 0.3) is 0 Å². The quantitative estimate of drug-likeness (QED) is 0.499. The largest absolute Gasteiger partial charge is 0.368 e. The minimum absolute atomic E-state index is 0.139. The van der Waals surface area contributed by atoms with Gasteiger partial charge in [0.25, 0.3) is 5.69 Å². The topological polar surface area (TPSA) is 104 Å². The Morgan fingerprint density at radius 2 is 1.71 bits per heavy atom. The number of sulfonamides is 1. The first-order valence-electron chi connectivity index (χ1n) is 9.93. The van der Waals surface area contributed by atoms with E-state index in [0.29, 0.717) is 31.7 Å². The molecule has 31 heavy (non-hydrogen) atoms. The van der Waals surface area contributed by atoms with Crippen LogP contribution in [0.15, 0.2) is 48.5 Å². The third kappa shape index (κ3) is 4.96. The number of amides is 1. The molecule has 2 aromatic carbocycles. The van der Waals surface area contributed by atoms with Gasteiger partial charge in [0.1, 0.15) is 6.04 Å². The van der Waals surface area contributed by atoms with Crippen molar-refractivity contribution in [1.82, 2.24) is 4.90 Å². The predicted molar refractivity (Wildman–Crippen MR) is 120 cm³/mol. The molecule has 3 rings (SSSR count). The van der Waals surface area contributed by atoms with Crippen LogP contribution in [0.2, 0.25) is 0 Å². The van der Waals surface area contributed by atoms with Crippen LogP contribution >= 0.6 is 0 Å². The molecule has 0 N–H and O–H groups in total. The summed E-state index contributed by atoms with van der Waals surface area (Å²) < 4.78 is 26.2. The molecule has 1 aliphatic heterocycles. The molecule has 0 aliphatic carbocycles. The zero-order chi connectivity index (χ0) is 22.8. The molecule has 0 unspecified atom stereocenters. The molecule has 1 aliphatic rings. The maximum absolute atomic E-state index is 13.2.